The van der Waals surface area contributed by atoms with Crippen LogP contribution in [0.3, 0.4) is 0 Å². The second-order valence-electron chi connectivity index (χ2n) is 23.2. The Morgan fingerprint density at radius 2 is 0.676 bits per heavy atom. The van der Waals surface area contributed by atoms with Crippen LogP contribution in [0.4, 0.5) is 0 Å². The molecule has 0 fully saturated rings. The summed E-state index contributed by atoms with van der Waals surface area (Å²) in [5.41, 5.74) is 0. The average Bonchev–Trinajstić information content (AvgIpc) is 3.40. The highest BCUT2D eigenvalue weighted by atomic mass is 16.5. The first-order chi connectivity index (χ1) is 36.5. The van der Waals surface area contributed by atoms with Gasteiger partial charge < -0.3 is 20.3 Å². The SMILES string of the molecule is CCCCCC/C=C\C/C=C\CCCCCCCC(=O)OCCCCCCCCCCCCCCCCCCCCCCCC(=O)NC(CO)C(O)CCCCCCCCCCCCCCCCCCCCCC. The molecule has 0 aliphatic rings. The van der Waals surface area contributed by atoms with Gasteiger partial charge in [-0.1, -0.05) is 327 Å². The van der Waals surface area contributed by atoms with Crippen LogP contribution in [0.2, 0.25) is 0 Å². The maximum Gasteiger partial charge on any atom is 0.305 e. The number of esters is 1. The van der Waals surface area contributed by atoms with E-state index in [2.05, 4.69) is 43.5 Å². The number of aliphatic hydroxyl groups excluding tert-OH is 2. The van der Waals surface area contributed by atoms with Crippen molar-refractivity contribution < 1.29 is 24.5 Å². The van der Waals surface area contributed by atoms with Gasteiger partial charge in [-0.15, -0.1) is 0 Å². The molecule has 0 heterocycles. The number of nitrogens with one attached hydrogen (secondary N) is 1. The summed E-state index contributed by atoms with van der Waals surface area (Å²) in [6.45, 7) is 4.96. The van der Waals surface area contributed by atoms with Gasteiger partial charge in [-0.25, -0.2) is 0 Å². The van der Waals surface area contributed by atoms with Crippen LogP contribution < -0.4 is 5.32 Å². The van der Waals surface area contributed by atoms with Gasteiger partial charge in [0.15, 0.2) is 0 Å². The van der Waals surface area contributed by atoms with Crippen LogP contribution in [0, 0.1) is 0 Å². The minimum absolute atomic E-state index is 0.000606. The summed E-state index contributed by atoms with van der Waals surface area (Å²) < 4.78 is 5.49. The predicted octanol–water partition coefficient (Wildman–Crippen LogP) is 21.4. The molecule has 0 spiro atoms. The average molecular weight is 1040 g/mol. The van der Waals surface area contributed by atoms with E-state index in [1.165, 1.54) is 289 Å². The Bertz CT molecular complexity index is 1150. The molecule has 0 aliphatic carbocycles. The monoisotopic (exact) mass is 1040 g/mol. The molecule has 438 valence electrons. The Labute approximate surface area is 462 Å². The molecule has 3 N–H and O–H groups in total. The van der Waals surface area contributed by atoms with E-state index in [1.54, 1.807) is 0 Å². The molecule has 2 unspecified atom stereocenters. The van der Waals surface area contributed by atoms with Crippen LogP contribution in [0.25, 0.3) is 0 Å². The van der Waals surface area contributed by atoms with E-state index < -0.39 is 12.1 Å². The van der Waals surface area contributed by atoms with Gasteiger partial charge in [0.2, 0.25) is 5.91 Å². The summed E-state index contributed by atoms with van der Waals surface area (Å²) in [5.74, 6) is -0.0330. The van der Waals surface area contributed by atoms with Gasteiger partial charge in [0.05, 0.1) is 25.4 Å². The normalized spacial score (nSPS) is 12.6. The van der Waals surface area contributed by atoms with Crippen molar-refractivity contribution in [3.63, 3.8) is 0 Å². The number of allylic oxidation sites excluding steroid dienone is 4. The second kappa shape index (κ2) is 63.9. The van der Waals surface area contributed by atoms with E-state index in [9.17, 15) is 19.8 Å². The zero-order valence-corrected chi connectivity index (χ0v) is 50.1. The summed E-state index contributed by atoms with van der Waals surface area (Å²) >= 11 is 0. The van der Waals surface area contributed by atoms with Crippen molar-refractivity contribution in [2.45, 2.75) is 386 Å². The van der Waals surface area contributed by atoms with E-state index >= 15 is 0 Å². The quantitative estimate of drug-likeness (QED) is 0.0320. The van der Waals surface area contributed by atoms with Crippen molar-refractivity contribution in [3.05, 3.63) is 24.3 Å². The zero-order chi connectivity index (χ0) is 53.6. The summed E-state index contributed by atoms with van der Waals surface area (Å²) in [6.07, 6.45) is 79.1. The van der Waals surface area contributed by atoms with E-state index in [4.69, 9.17) is 4.74 Å². The molecular formula is C68H131NO5. The fourth-order valence-electron chi connectivity index (χ4n) is 10.6. The van der Waals surface area contributed by atoms with Crippen molar-refractivity contribution in [2.75, 3.05) is 13.2 Å². The van der Waals surface area contributed by atoms with Crippen LogP contribution in [0.1, 0.15) is 373 Å². The number of carbonyl (C=O) groups is 2. The largest absolute Gasteiger partial charge is 0.466 e. The lowest BCUT2D eigenvalue weighted by Gasteiger charge is -2.22. The van der Waals surface area contributed by atoms with Crippen LogP contribution in [-0.2, 0) is 14.3 Å². The number of unbranched alkanes of at least 4 members (excludes halogenated alkanes) is 48. The number of carbonyl (C=O) groups excluding carboxylic acids is 2. The van der Waals surface area contributed by atoms with Gasteiger partial charge in [0.25, 0.3) is 0 Å². The summed E-state index contributed by atoms with van der Waals surface area (Å²) in [4.78, 5) is 24.6. The Morgan fingerprint density at radius 3 is 1.04 bits per heavy atom. The van der Waals surface area contributed by atoms with E-state index in [-0.39, 0.29) is 18.5 Å². The fourth-order valence-corrected chi connectivity index (χ4v) is 10.6. The lowest BCUT2D eigenvalue weighted by Crippen LogP contribution is -2.45. The van der Waals surface area contributed by atoms with Crippen LogP contribution in [0.15, 0.2) is 24.3 Å². The lowest BCUT2D eigenvalue weighted by molar-refractivity contribution is -0.143. The summed E-state index contributed by atoms with van der Waals surface area (Å²) in [6, 6.07) is -0.543. The number of hydrogen-bond donors (Lipinski definition) is 3. The number of hydrogen-bond acceptors (Lipinski definition) is 5. The topological polar surface area (TPSA) is 95.9 Å². The molecule has 0 saturated carbocycles. The molecule has 2 atom stereocenters. The molecule has 0 bridgehead atoms. The van der Waals surface area contributed by atoms with Gasteiger partial charge in [0.1, 0.15) is 0 Å². The first-order valence-corrected chi connectivity index (χ1v) is 33.6. The summed E-state index contributed by atoms with van der Waals surface area (Å²) in [5, 5.41) is 23.4. The minimum Gasteiger partial charge on any atom is -0.466 e. The van der Waals surface area contributed by atoms with Crippen LogP contribution in [-0.4, -0.2) is 47.4 Å². The third-order valence-electron chi connectivity index (χ3n) is 15.8. The van der Waals surface area contributed by atoms with Crippen LogP contribution in [0.5, 0.6) is 0 Å². The smallest absolute Gasteiger partial charge is 0.305 e. The number of ether oxygens (including phenoxy) is 1. The molecule has 6 nitrogen and oxygen atoms in total. The van der Waals surface area contributed by atoms with Gasteiger partial charge in [-0.3, -0.25) is 9.59 Å². The third-order valence-corrected chi connectivity index (χ3v) is 15.8. The molecule has 0 aromatic heterocycles. The number of rotatable bonds is 63. The van der Waals surface area contributed by atoms with E-state index in [0.29, 0.717) is 25.9 Å². The molecule has 0 aliphatic heterocycles. The Balaban J connectivity index is 3.39. The fraction of sp³-hybridized carbons (Fsp3) is 0.912. The lowest BCUT2D eigenvalue weighted by atomic mass is 10.0. The Morgan fingerprint density at radius 1 is 0.378 bits per heavy atom. The van der Waals surface area contributed by atoms with Gasteiger partial charge in [-0.05, 0) is 57.8 Å². The van der Waals surface area contributed by atoms with Crippen molar-refractivity contribution in [3.8, 4) is 0 Å². The van der Waals surface area contributed by atoms with Crippen molar-refractivity contribution >= 4 is 11.9 Å². The van der Waals surface area contributed by atoms with Crippen molar-refractivity contribution in [2.24, 2.45) is 0 Å². The first-order valence-electron chi connectivity index (χ1n) is 33.6. The van der Waals surface area contributed by atoms with Crippen LogP contribution >= 0.6 is 0 Å². The maximum atomic E-state index is 12.5. The molecule has 0 saturated heterocycles. The molecular weight excluding hydrogens is 911 g/mol. The standard InChI is InChI=1S/C68H131NO5/c1-3-5-7-9-11-13-15-17-19-21-22-26-29-32-36-40-44-48-52-56-60-66(71)65(64-70)69-67(72)61-57-53-49-45-41-37-33-30-27-24-23-25-28-31-35-39-43-47-51-55-59-63-74-68(73)62-58-54-50-46-42-38-34-20-18-16-14-12-10-8-6-4-2/h14,16,20,34,65-66,70-71H,3-13,15,17-19,21-33,35-64H2,1-2H3,(H,69,72)/b16-14-,34-20-. The minimum atomic E-state index is -0.666. The van der Waals surface area contributed by atoms with Gasteiger partial charge in [-0.2, -0.15) is 0 Å². The molecule has 6 heteroatoms. The Hall–Kier alpha value is -1.66. The highest BCUT2D eigenvalue weighted by Crippen LogP contribution is 2.19. The maximum absolute atomic E-state index is 12.5. The molecule has 0 aromatic rings. The third kappa shape index (κ3) is 59.6. The van der Waals surface area contributed by atoms with Crippen molar-refractivity contribution in [1.82, 2.24) is 5.32 Å². The highest BCUT2D eigenvalue weighted by Gasteiger charge is 2.20. The zero-order valence-electron chi connectivity index (χ0n) is 50.1. The first kappa shape index (κ1) is 72.3. The van der Waals surface area contributed by atoms with E-state index in [0.717, 1.165) is 51.4 Å². The summed E-state index contributed by atoms with van der Waals surface area (Å²) in [7, 11) is 0. The molecule has 74 heavy (non-hydrogen) atoms. The molecule has 0 aromatic carbocycles. The molecule has 0 rings (SSSR count). The predicted molar refractivity (Wildman–Crippen MR) is 324 cm³/mol. The number of aliphatic hydroxyl groups is 2. The van der Waals surface area contributed by atoms with Gasteiger partial charge in [0, 0.05) is 12.8 Å². The van der Waals surface area contributed by atoms with Crippen molar-refractivity contribution in [1.29, 1.82) is 0 Å². The second-order valence-corrected chi connectivity index (χ2v) is 23.2. The highest BCUT2D eigenvalue weighted by molar-refractivity contribution is 5.76. The number of amides is 1. The van der Waals surface area contributed by atoms with Gasteiger partial charge >= 0.3 is 5.97 Å². The molecule has 1 amide bonds. The molecule has 0 radical (unpaired) electrons. The van der Waals surface area contributed by atoms with E-state index in [1.807, 2.05) is 0 Å². The Kier molecular flexibility index (Phi) is 62.4.